The monoisotopic (exact) mass is 374 g/mol. The Bertz CT molecular complexity index is 713. The molecule has 148 valence electrons. The Morgan fingerprint density at radius 1 is 1.19 bits per heavy atom. The Morgan fingerprint density at radius 3 is 2.56 bits per heavy atom. The third-order valence-electron chi connectivity index (χ3n) is 8.76. The number of aldehydes is 1. The maximum Gasteiger partial charge on any atom is 0.311 e. The fraction of sp³-hybridized carbons (Fsp3) is 0.773. The zero-order chi connectivity index (χ0) is 19.6. The van der Waals surface area contributed by atoms with Crippen LogP contribution < -0.4 is 0 Å². The van der Waals surface area contributed by atoms with E-state index < -0.39 is 16.7 Å². The molecule has 4 saturated carbocycles. The molecule has 0 aromatic heterocycles. The van der Waals surface area contributed by atoms with Crippen LogP contribution in [-0.2, 0) is 23.9 Å². The maximum absolute atomic E-state index is 13.2. The van der Waals surface area contributed by atoms with Crippen LogP contribution in [0.4, 0.5) is 0 Å². The summed E-state index contributed by atoms with van der Waals surface area (Å²) >= 11 is 0. The highest BCUT2D eigenvalue weighted by molar-refractivity contribution is 5.84. The van der Waals surface area contributed by atoms with Crippen LogP contribution in [0.3, 0.4) is 0 Å². The number of fused-ring (bicyclic) bond motifs is 3. The predicted molar refractivity (Wildman–Crippen MR) is 98.5 cm³/mol. The van der Waals surface area contributed by atoms with Crippen molar-refractivity contribution in [3.05, 3.63) is 12.2 Å². The number of carbonyl (C=O) groups excluding carboxylic acids is 3. The number of hydrogen-bond donors (Lipinski definition) is 0. The van der Waals surface area contributed by atoms with Crippen molar-refractivity contribution in [3.8, 4) is 0 Å². The van der Waals surface area contributed by atoms with E-state index in [1.807, 2.05) is 6.92 Å². The summed E-state index contributed by atoms with van der Waals surface area (Å²) in [6.07, 6.45) is 6.87. The minimum atomic E-state index is -0.849. The minimum Gasteiger partial charge on any atom is -0.469 e. The summed E-state index contributed by atoms with van der Waals surface area (Å²) < 4.78 is 10.5. The Labute approximate surface area is 160 Å². The lowest BCUT2D eigenvalue weighted by Gasteiger charge is -2.49. The molecule has 0 heterocycles. The van der Waals surface area contributed by atoms with Gasteiger partial charge >= 0.3 is 11.9 Å². The number of rotatable bonds is 3. The molecule has 5 heteroatoms. The van der Waals surface area contributed by atoms with Crippen LogP contribution in [0, 0.1) is 39.9 Å². The van der Waals surface area contributed by atoms with Crippen molar-refractivity contribution in [2.75, 3.05) is 14.2 Å². The maximum atomic E-state index is 13.2. The number of carbonyl (C=O) groups is 3. The van der Waals surface area contributed by atoms with Crippen molar-refractivity contribution >= 4 is 18.2 Å². The number of allylic oxidation sites excluding steroid dienone is 1. The van der Waals surface area contributed by atoms with E-state index in [0.717, 1.165) is 44.8 Å². The molecule has 4 fully saturated rings. The molecule has 4 rings (SSSR count). The lowest BCUT2D eigenvalue weighted by Crippen LogP contribution is -2.52. The van der Waals surface area contributed by atoms with Crippen molar-refractivity contribution in [1.82, 2.24) is 0 Å². The molecule has 27 heavy (non-hydrogen) atoms. The molecule has 0 aliphatic heterocycles. The first-order valence-electron chi connectivity index (χ1n) is 10.1. The SMILES string of the molecule is C=C1C[C@]23CC1CC[C@H]2[C@]1(C=O)CCC[C@@](C)(C(=O)OC)[C@H]1C3C(=O)OC. The molecular formula is C22H30O5. The first kappa shape index (κ1) is 18.7. The van der Waals surface area contributed by atoms with Gasteiger partial charge in [0.25, 0.3) is 0 Å². The molecule has 1 spiro atoms. The van der Waals surface area contributed by atoms with Crippen molar-refractivity contribution < 1.29 is 23.9 Å². The second kappa shape index (κ2) is 5.92. The van der Waals surface area contributed by atoms with Gasteiger partial charge in [-0.15, -0.1) is 0 Å². The van der Waals surface area contributed by atoms with E-state index in [4.69, 9.17) is 9.47 Å². The Hall–Kier alpha value is -1.65. The fourth-order valence-corrected chi connectivity index (χ4v) is 7.97. The standard InChI is InChI=1S/C22H30O5/c1-13-10-22-11-14(13)6-7-15(22)21(12-23)9-5-8-20(2,19(25)27-4)17(21)16(22)18(24)26-3/h12,14-17H,1,5-11H2,2-4H3/t14?,15-,16?,17+,20+,21+,22-/m0/s1. The van der Waals surface area contributed by atoms with Gasteiger partial charge in [0.05, 0.1) is 25.6 Å². The average Bonchev–Trinajstić information content (AvgIpc) is 3.08. The molecular weight excluding hydrogens is 344 g/mol. The molecule has 0 amide bonds. The van der Waals surface area contributed by atoms with Gasteiger partial charge in [0.15, 0.2) is 0 Å². The van der Waals surface area contributed by atoms with E-state index in [0.29, 0.717) is 12.3 Å². The van der Waals surface area contributed by atoms with E-state index in [-0.39, 0.29) is 29.2 Å². The number of hydrogen-bond acceptors (Lipinski definition) is 5. The van der Waals surface area contributed by atoms with Gasteiger partial charge in [-0.05, 0) is 62.7 Å². The van der Waals surface area contributed by atoms with Gasteiger partial charge in [0.1, 0.15) is 6.29 Å². The second-order valence-corrected chi connectivity index (χ2v) is 9.57. The van der Waals surface area contributed by atoms with Gasteiger partial charge in [0.2, 0.25) is 0 Å². The van der Waals surface area contributed by atoms with E-state index in [1.54, 1.807) is 0 Å². The van der Waals surface area contributed by atoms with E-state index in [1.165, 1.54) is 19.8 Å². The van der Waals surface area contributed by atoms with Crippen LogP contribution in [0.15, 0.2) is 12.2 Å². The zero-order valence-electron chi connectivity index (χ0n) is 16.6. The van der Waals surface area contributed by atoms with Gasteiger partial charge in [-0.1, -0.05) is 18.6 Å². The number of ether oxygens (including phenoxy) is 2. The summed E-state index contributed by atoms with van der Waals surface area (Å²) in [5.41, 5.74) is -0.613. The van der Waals surface area contributed by atoms with Crippen LogP contribution in [0.1, 0.15) is 51.9 Å². The summed E-state index contributed by atoms with van der Waals surface area (Å²) in [6, 6.07) is 0. The first-order valence-corrected chi connectivity index (χ1v) is 10.1. The smallest absolute Gasteiger partial charge is 0.311 e. The van der Waals surface area contributed by atoms with Gasteiger partial charge in [-0.3, -0.25) is 9.59 Å². The highest BCUT2D eigenvalue weighted by Gasteiger charge is 2.76. The second-order valence-electron chi connectivity index (χ2n) is 9.57. The van der Waals surface area contributed by atoms with Crippen LogP contribution in [0.25, 0.3) is 0 Å². The molecule has 0 aromatic carbocycles. The van der Waals surface area contributed by atoms with Crippen molar-refractivity contribution in [1.29, 1.82) is 0 Å². The van der Waals surface area contributed by atoms with E-state index in [9.17, 15) is 14.4 Å². The summed E-state index contributed by atoms with van der Waals surface area (Å²) in [5.74, 6) is -0.884. The van der Waals surface area contributed by atoms with Crippen molar-refractivity contribution in [2.24, 2.45) is 39.9 Å². The Balaban J connectivity index is 1.96. The van der Waals surface area contributed by atoms with Crippen LogP contribution in [0.5, 0.6) is 0 Å². The first-order chi connectivity index (χ1) is 12.8. The van der Waals surface area contributed by atoms with Crippen LogP contribution >= 0.6 is 0 Å². The highest BCUT2D eigenvalue weighted by Crippen LogP contribution is 2.77. The molecule has 2 bridgehead atoms. The fourth-order valence-electron chi connectivity index (χ4n) is 7.97. The van der Waals surface area contributed by atoms with Gasteiger partial charge in [-0.25, -0.2) is 0 Å². The van der Waals surface area contributed by atoms with E-state index in [2.05, 4.69) is 6.58 Å². The minimum absolute atomic E-state index is 0.108. The average molecular weight is 374 g/mol. The summed E-state index contributed by atoms with van der Waals surface area (Å²) in [4.78, 5) is 38.8. The summed E-state index contributed by atoms with van der Waals surface area (Å²) in [7, 11) is 2.81. The number of esters is 2. The van der Waals surface area contributed by atoms with Gasteiger partial charge in [0, 0.05) is 11.3 Å². The molecule has 5 nitrogen and oxygen atoms in total. The van der Waals surface area contributed by atoms with Crippen molar-refractivity contribution in [3.63, 3.8) is 0 Å². The molecule has 4 aliphatic rings. The van der Waals surface area contributed by atoms with Gasteiger partial charge < -0.3 is 14.3 Å². The quantitative estimate of drug-likeness (QED) is 0.431. The predicted octanol–water partition coefficient (Wildman–Crippen LogP) is 3.32. The third kappa shape index (κ3) is 2.09. The molecule has 7 atom stereocenters. The van der Waals surface area contributed by atoms with Gasteiger partial charge in [-0.2, -0.15) is 0 Å². The third-order valence-corrected chi connectivity index (χ3v) is 8.76. The van der Waals surface area contributed by atoms with Crippen LogP contribution in [-0.4, -0.2) is 32.4 Å². The lowest BCUT2D eigenvalue weighted by molar-refractivity contribution is -0.171. The molecule has 0 saturated heterocycles. The molecule has 2 unspecified atom stereocenters. The zero-order valence-corrected chi connectivity index (χ0v) is 16.6. The highest BCUT2D eigenvalue weighted by atomic mass is 16.5. The molecule has 0 radical (unpaired) electrons. The largest absolute Gasteiger partial charge is 0.469 e. The molecule has 0 aromatic rings. The van der Waals surface area contributed by atoms with E-state index >= 15 is 0 Å². The van der Waals surface area contributed by atoms with Crippen molar-refractivity contribution in [2.45, 2.75) is 51.9 Å². The topological polar surface area (TPSA) is 69.7 Å². The summed E-state index contributed by atoms with van der Waals surface area (Å²) in [5, 5.41) is 0. The van der Waals surface area contributed by atoms with Crippen LogP contribution in [0.2, 0.25) is 0 Å². The lowest BCUT2D eigenvalue weighted by atomic mass is 9.53. The summed E-state index contributed by atoms with van der Waals surface area (Å²) in [6.45, 7) is 6.19. The Morgan fingerprint density at radius 2 is 1.93 bits per heavy atom. The normalized spacial score (nSPS) is 47.7. The Kier molecular flexibility index (Phi) is 4.10. The molecule has 0 N–H and O–H groups in total. The number of methoxy groups -OCH3 is 2. The molecule has 4 aliphatic carbocycles.